The van der Waals surface area contributed by atoms with E-state index in [0.717, 1.165) is 33.1 Å². The van der Waals surface area contributed by atoms with Gasteiger partial charge in [0.15, 0.2) is 0 Å². The van der Waals surface area contributed by atoms with Gasteiger partial charge in [0.05, 0.1) is 16.6 Å². The van der Waals surface area contributed by atoms with Crippen molar-refractivity contribution in [1.29, 1.82) is 5.26 Å². The first-order chi connectivity index (χ1) is 11.6. The molecule has 0 aliphatic carbocycles. The lowest BCUT2D eigenvalue weighted by molar-refractivity contribution is 0.991. The van der Waals surface area contributed by atoms with E-state index in [-0.39, 0.29) is 11.1 Å². The average molecular weight is 311 g/mol. The van der Waals surface area contributed by atoms with Crippen LogP contribution in [0.3, 0.4) is 0 Å². The molecule has 24 heavy (non-hydrogen) atoms. The van der Waals surface area contributed by atoms with Gasteiger partial charge in [-0.3, -0.25) is 9.36 Å². The van der Waals surface area contributed by atoms with Crippen molar-refractivity contribution in [3.05, 3.63) is 70.5 Å². The van der Waals surface area contributed by atoms with E-state index in [1.54, 1.807) is 10.6 Å². The van der Waals surface area contributed by atoms with Gasteiger partial charge >= 0.3 is 0 Å². The van der Waals surface area contributed by atoms with E-state index in [1.165, 1.54) is 0 Å². The van der Waals surface area contributed by atoms with Gasteiger partial charge in [-0.05, 0) is 24.3 Å². The highest BCUT2D eigenvalue weighted by Crippen LogP contribution is 2.29. The summed E-state index contributed by atoms with van der Waals surface area (Å²) in [6, 6.07) is 19.5. The van der Waals surface area contributed by atoms with Crippen LogP contribution < -0.4 is 11.0 Å². The number of hydrogen-bond acceptors (Lipinski definition) is 2. The summed E-state index contributed by atoms with van der Waals surface area (Å²) in [7, 11) is 3.96. The Hall–Kier alpha value is -3.26. The number of nitrogens with zero attached hydrogens (tertiary/aromatic N) is 3. The van der Waals surface area contributed by atoms with Crippen LogP contribution in [-0.2, 0) is 7.05 Å². The van der Waals surface area contributed by atoms with Gasteiger partial charge in [0.1, 0.15) is 19.5 Å². The highest BCUT2D eigenvalue weighted by molar-refractivity contribution is 6.32. The average Bonchev–Trinajstić information content (AvgIpc) is 2.88. The van der Waals surface area contributed by atoms with Gasteiger partial charge in [0.2, 0.25) is 0 Å². The zero-order valence-electron chi connectivity index (χ0n) is 13.4. The molecule has 0 amide bonds. The third kappa shape index (κ3) is 1.90. The zero-order valence-corrected chi connectivity index (χ0v) is 13.4. The van der Waals surface area contributed by atoms with Gasteiger partial charge in [-0.2, -0.15) is 5.26 Å². The molecule has 0 saturated heterocycles. The van der Waals surface area contributed by atoms with E-state index in [4.69, 9.17) is 0 Å². The minimum Gasteiger partial charge on any atom is -0.342 e. The van der Waals surface area contributed by atoms with Crippen LogP contribution in [0.4, 0.5) is 0 Å². The molecule has 0 saturated carbocycles. The summed E-state index contributed by atoms with van der Waals surface area (Å²) >= 11 is 0. The molecule has 114 valence electrons. The van der Waals surface area contributed by atoms with Crippen LogP contribution in [0, 0.1) is 11.3 Å². The molecule has 0 bridgehead atoms. The maximum absolute atomic E-state index is 12.9. The lowest BCUT2D eigenvalue weighted by atomic mass is 9.96. The Morgan fingerprint density at radius 1 is 1.04 bits per heavy atom. The van der Waals surface area contributed by atoms with Crippen LogP contribution in [0.15, 0.2) is 59.4 Å². The van der Waals surface area contributed by atoms with Crippen LogP contribution in [0.1, 0.15) is 5.56 Å². The van der Waals surface area contributed by atoms with Crippen molar-refractivity contribution in [1.82, 2.24) is 9.13 Å². The van der Waals surface area contributed by atoms with E-state index in [1.807, 2.05) is 74.1 Å². The summed E-state index contributed by atoms with van der Waals surface area (Å²) in [5.41, 5.74) is 4.48. The molecule has 2 aromatic heterocycles. The minimum atomic E-state index is -0.287. The minimum absolute atomic E-state index is 0.147. The van der Waals surface area contributed by atoms with Crippen LogP contribution in [0.25, 0.3) is 27.6 Å². The van der Waals surface area contributed by atoms with Crippen molar-refractivity contribution in [3.8, 4) is 11.8 Å². The summed E-state index contributed by atoms with van der Waals surface area (Å²) in [6.45, 7) is 0. The number of rotatable bonds is 1. The maximum atomic E-state index is 12.9. The molecule has 0 fully saturated rings. The molecule has 0 aliphatic rings. The molecule has 0 spiro atoms. The van der Waals surface area contributed by atoms with Gasteiger partial charge in [-0.15, -0.1) is 0 Å². The van der Waals surface area contributed by atoms with Crippen molar-refractivity contribution in [2.24, 2.45) is 7.05 Å². The van der Waals surface area contributed by atoms with Crippen LogP contribution in [0.2, 0.25) is 0 Å². The van der Waals surface area contributed by atoms with Gasteiger partial charge < -0.3 is 4.57 Å². The maximum Gasteiger partial charge on any atom is 0.273 e. The fourth-order valence-electron chi connectivity index (χ4n) is 3.23. The fourth-order valence-corrected chi connectivity index (χ4v) is 3.23. The predicted octanol–water partition coefficient (Wildman–Crippen LogP) is 1.61. The van der Waals surface area contributed by atoms with Gasteiger partial charge in [0.25, 0.3) is 5.56 Å². The molecule has 4 nitrogen and oxygen atoms in total. The third-order valence-electron chi connectivity index (χ3n) is 4.48. The zero-order chi connectivity index (χ0) is 16.8. The Balaban J connectivity index is 2.28. The number of aromatic nitrogens is 2. The number of hydrogen-bond donors (Lipinski definition) is 0. The second kappa shape index (κ2) is 5.14. The third-order valence-corrected chi connectivity index (χ3v) is 4.48. The summed E-state index contributed by atoms with van der Waals surface area (Å²) in [5.74, 6) is 0. The van der Waals surface area contributed by atoms with Crippen molar-refractivity contribution in [3.63, 3.8) is 0 Å². The molecular weight excluding hydrogens is 297 g/mol. The molecule has 0 aliphatic heterocycles. The normalized spacial score (nSPS) is 11.0. The molecule has 0 atom stereocenters. The first kappa shape index (κ1) is 14.3. The number of para-hydroxylation sites is 1. The summed E-state index contributed by atoms with van der Waals surface area (Å²) in [6.07, 6.45) is 0. The Morgan fingerprint density at radius 2 is 1.75 bits per heavy atom. The van der Waals surface area contributed by atoms with Crippen LogP contribution in [-0.4, -0.2) is 17.0 Å². The summed E-state index contributed by atoms with van der Waals surface area (Å²) in [5, 5.41) is 10.4. The van der Waals surface area contributed by atoms with E-state index in [0.29, 0.717) is 0 Å². The number of pyridine rings is 1. The molecule has 4 rings (SSSR count). The topological polar surface area (TPSA) is 50.7 Å². The fraction of sp³-hybridized carbons (Fsp3) is 0.0526. The monoisotopic (exact) mass is 311 g/mol. The molecule has 2 aromatic carbocycles. The highest BCUT2D eigenvalue weighted by atomic mass is 16.1. The second-order valence-corrected chi connectivity index (χ2v) is 5.96. The summed E-state index contributed by atoms with van der Waals surface area (Å²) < 4.78 is 3.67. The van der Waals surface area contributed by atoms with E-state index >= 15 is 0 Å². The molecule has 5 heteroatoms. The smallest absolute Gasteiger partial charge is 0.273 e. The van der Waals surface area contributed by atoms with Crippen LogP contribution in [0.5, 0.6) is 0 Å². The van der Waals surface area contributed by atoms with Gasteiger partial charge in [-0.25, -0.2) is 0 Å². The van der Waals surface area contributed by atoms with E-state index < -0.39 is 0 Å². The lowest BCUT2D eigenvalue weighted by Gasteiger charge is -2.10. The quantitative estimate of drug-likeness (QED) is 0.502. The lowest BCUT2D eigenvalue weighted by Crippen LogP contribution is -2.21. The Kier molecular flexibility index (Phi) is 3.07. The Morgan fingerprint density at radius 3 is 2.46 bits per heavy atom. The van der Waals surface area contributed by atoms with Gasteiger partial charge in [0, 0.05) is 18.1 Å². The SMILES string of the molecule is Bc1ccc(-n2c(=O)c(C#N)cc3c2c2ccccc2n3C)cc1. The highest BCUT2D eigenvalue weighted by Gasteiger charge is 2.17. The van der Waals surface area contributed by atoms with Crippen molar-refractivity contribution in [2.45, 2.75) is 0 Å². The summed E-state index contributed by atoms with van der Waals surface area (Å²) in [4.78, 5) is 12.9. The number of benzene rings is 2. The number of aryl methyl sites for hydroxylation is 1. The molecule has 0 unspecified atom stereocenters. The van der Waals surface area contributed by atoms with E-state index in [9.17, 15) is 10.1 Å². The van der Waals surface area contributed by atoms with Crippen molar-refractivity contribution < 1.29 is 0 Å². The first-order valence-corrected chi connectivity index (χ1v) is 7.72. The predicted molar refractivity (Wildman–Crippen MR) is 98.9 cm³/mol. The van der Waals surface area contributed by atoms with Gasteiger partial charge in [-0.1, -0.05) is 35.8 Å². The van der Waals surface area contributed by atoms with E-state index in [2.05, 4.69) is 0 Å². The molecule has 0 radical (unpaired) electrons. The Labute approximate surface area is 139 Å². The number of nitriles is 1. The molecule has 2 heterocycles. The Bertz CT molecular complexity index is 1190. The molecule has 0 N–H and O–H groups in total. The molecule has 4 aromatic rings. The van der Waals surface area contributed by atoms with Crippen LogP contribution >= 0.6 is 0 Å². The largest absolute Gasteiger partial charge is 0.342 e. The molecular formula is C19H14BN3O. The number of fused-ring (bicyclic) bond motifs is 3. The first-order valence-electron chi connectivity index (χ1n) is 7.72. The standard InChI is InChI=1S/C19H14BN3O/c1-22-16-5-3-2-4-15(16)18-17(22)10-12(11-21)19(24)23(18)14-8-6-13(20)7-9-14/h2-10H,20H2,1H3. The van der Waals surface area contributed by atoms with Crippen molar-refractivity contribution >= 4 is 35.2 Å². The second-order valence-electron chi connectivity index (χ2n) is 5.96. The van der Waals surface area contributed by atoms with Crippen molar-refractivity contribution in [2.75, 3.05) is 0 Å².